The second-order valence-electron chi connectivity index (χ2n) is 5.26. The van der Waals surface area contributed by atoms with Crippen molar-refractivity contribution in [3.8, 4) is 0 Å². The van der Waals surface area contributed by atoms with Gasteiger partial charge in [0.15, 0.2) is 0 Å². The lowest BCUT2D eigenvalue weighted by atomic mass is 10.1. The smallest absolute Gasteiger partial charge is 0.336 e. The van der Waals surface area contributed by atoms with E-state index in [1.807, 2.05) is 0 Å². The van der Waals surface area contributed by atoms with E-state index in [4.69, 9.17) is 23.2 Å². The number of hydrogen-bond acceptors (Lipinski definition) is 3. The summed E-state index contributed by atoms with van der Waals surface area (Å²) in [5.41, 5.74) is 1.10. The molecule has 1 aromatic carbocycles. The fraction of sp³-hybridized carbons (Fsp3) is 0.533. The molecule has 0 radical (unpaired) electrons. The summed E-state index contributed by atoms with van der Waals surface area (Å²) >= 11 is 11.9. The van der Waals surface area contributed by atoms with Crippen molar-refractivity contribution in [2.24, 2.45) is 0 Å². The molecule has 0 saturated carbocycles. The van der Waals surface area contributed by atoms with Gasteiger partial charge in [0.1, 0.15) is 11.0 Å². The number of carbonyl (C=O) groups excluding carboxylic acids is 1. The molecule has 0 spiro atoms. The van der Waals surface area contributed by atoms with E-state index in [1.54, 1.807) is 12.1 Å². The lowest BCUT2D eigenvalue weighted by molar-refractivity contribution is 0.239. The molecule has 0 bridgehead atoms. The van der Waals surface area contributed by atoms with Crippen molar-refractivity contribution in [1.82, 2.24) is 20.3 Å². The summed E-state index contributed by atoms with van der Waals surface area (Å²) in [4.78, 5) is 12.1. The molecule has 2 aromatic rings. The molecule has 1 aromatic heterocycles. The second-order valence-corrected chi connectivity index (χ2v) is 6.07. The fourth-order valence-corrected chi connectivity index (χ4v) is 2.56. The van der Waals surface area contributed by atoms with E-state index in [9.17, 15) is 4.79 Å². The highest BCUT2D eigenvalue weighted by atomic mass is 35.5. The van der Waals surface area contributed by atoms with E-state index in [0.717, 1.165) is 12.8 Å². The standard InChI is InChI=1S/C15H20Cl2N4O/c1-2-3-4-5-6-7-8-18-15(22)21-14-10-12(17)11(16)9-13(14)19-20-21/h9-10H,2-8H2,1H3,(H,18,22). The molecule has 1 N–H and O–H groups in total. The molecular formula is C15H20Cl2N4O. The summed E-state index contributed by atoms with van der Waals surface area (Å²) in [6.45, 7) is 2.83. The molecule has 22 heavy (non-hydrogen) atoms. The molecule has 0 unspecified atom stereocenters. The van der Waals surface area contributed by atoms with Gasteiger partial charge in [0.05, 0.1) is 10.0 Å². The first-order valence-corrected chi connectivity index (χ1v) is 8.37. The first kappa shape index (κ1) is 17.0. The molecule has 0 fully saturated rings. The topological polar surface area (TPSA) is 59.8 Å². The number of hydrogen-bond donors (Lipinski definition) is 1. The van der Waals surface area contributed by atoms with Crippen molar-refractivity contribution >= 4 is 40.3 Å². The molecule has 2 rings (SSSR count). The second kappa shape index (κ2) is 8.34. The van der Waals surface area contributed by atoms with Gasteiger partial charge in [-0.2, -0.15) is 4.68 Å². The Balaban J connectivity index is 1.87. The van der Waals surface area contributed by atoms with E-state index >= 15 is 0 Å². The van der Waals surface area contributed by atoms with Crippen LogP contribution in [0.4, 0.5) is 4.79 Å². The van der Waals surface area contributed by atoms with Crippen LogP contribution in [0.25, 0.3) is 11.0 Å². The van der Waals surface area contributed by atoms with Crippen LogP contribution in [0.15, 0.2) is 12.1 Å². The van der Waals surface area contributed by atoms with E-state index < -0.39 is 0 Å². The van der Waals surface area contributed by atoms with Gasteiger partial charge in [-0.15, -0.1) is 5.10 Å². The Kier molecular flexibility index (Phi) is 6.46. The van der Waals surface area contributed by atoms with E-state index in [2.05, 4.69) is 22.6 Å². The molecule has 120 valence electrons. The number of amides is 1. The van der Waals surface area contributed by atoms with Gasteiger partial charge < -0.3 is 5.32 Å². The summed E-state index contributed by atoms with van der Waals surface area (Å²) in [5, 5.41) is 11.4. The Morgan fingerprint density at radius 2 is 1.82 bits per heavy atom. The minimum atomic E-state index is -0.297. The third-order valence-corrected chi connectivity index (χ3v) is 4.21. The van der Waals surface area contributed by atoms with Crippen LogP contribution in [-0.4, -0.2) is 27.6 Å². The van der Waals surface area contributed by atoms with E-state index in [1.165, 1.54) is 30.4 Å². The Morgan fingerprint density at radius 1 is 1.14 bits per heavy atom. The van der Waals surface area contributed by atoms with E-state index in [-0.39, 0.29) is 6.03 Å². The SMILES string of the molecule is CCCCCCCCNC(=O)n1nnc2cc(Cl)c(Cl)cc21. The number of fused-ring (bicyclic) bond motifs is 1. The van der Waals surface area contributed by atoms with Gasteiger partial charge in [-0.3, -0.25) is 0 Å². The summed E-state index contributed by atoms with van der Waals surface area (Å²) < 4.78 is 1.22. The van der Waals surface area contributed by atoms with Gasteiger partial charge in [-0.25, -0.2) is 4.79 Å². The minimum absolute atomic E-state index is 0.297. The number of benzene rings is 1. The van der Waals surface area contributed by atoms with Crippen LogP contribution in [0.3, 0.4) is 0 Å². The summed E-state index contributed by atoms with van der Waals surface area (Å²) in [6, 6.07) is 2.90. The van der Waals surface area contributed by atoms with Crippen LogP contribution >= 0.6 is 23.2 Å². The highest BCUT2D eigenvalue weighted by Crippen LogP contribution is 2.26. The van der Waals surface area contributed by atoms with Gasteiger partial charge in [0, 0.05) is 6.54 Å². The van der Waals surface area contributed by atoms with Gasteiger partial charge in [-0.1, -0.05) is 67.4 Å². The van der Waals surface area contributed by atoms with Crippen LogP contribution in [0.2, 0.25) is 10.0 Å². The summed E-state index contributed by atoms with van der Waals surface area (Å²) in [7, 11) is 0. The summed E-state index contributed by atoms with van der Waals surface area (Å²) in [5.74, 6) is 0. The Hall–Kier alpha value is -1.33. The number of aromatic nitrogens is 3. The van der Waals surface area contributed by atoms with Crippen molar-refractivity contribution in [1.29, 1.82) is 0 Å². The molecule has 0 aliphatic carbocycles. The van der Waals surface area contributed by atoms with E-state index in [0.29, 0.717) is 27.6 Å². The lowest BCUT2D eigenvalue weighted by Crippen LogP contribution is -2.30. The predicted octanol–water partition coefficient (Wildman–Crippen LogP) is 4.66. The minimum Gasteiger partial charge on any atom is -0.336 e. The monoisotopic (exact) mass is 342 g/mol. The predicted molar refractivity (Wildman–Crippen MR) is 89.7 cm³/mol. The van der Waals surface area contributed by atoms with Crippen molar-refractivity contribution in [3.63, 3.8) is 0 Å². The number of carbonyl (C=O) groups is 1. The number of nitrogens with zero attached hydrogens (tertiary/aromatic N) is 3. The molecule has 0 aliphatic heterocycles. The molecule has 0 saturated heterocycles. The third kappa shape index (κ3) is 4.34. The third-order valence-electron chi connectivity index (χ3n) is 3.49. The quantitative estimate of drug-likeness (QED) is 0.744. The van der Waals surface area contributed by atoms with Gasteiger partial charge in [0.2, 0.25) is 0 Å². The van der Waals surface area contributed by atoms with Gasteiger partial charge >= 0.3 is 6.03 Å². The maximum Gasteiger partial charge on any atom is 0.344 e. The molecule has 0 aliphatic rings. The average molecular weight is 343 g/mol. The van der Waals surface area contributed by atoms with Crippen LogP contribution in [0.1, 0.15) is 45.4 Å². The molecule has 7 heteroatoms. The zero-order valence-electron chi connectivity index (χ0n) is 12.6. The van der Waals surface area contributed by atoms with Crippen molar-refractivity contribution in [2.45, 2.75) is 45.4 Å². The molecule has 5 nitrogen and oxygen atoms in total. The van der Waals surface area contributed by atoms with Crippen molar-refractivity contribution < 1.29 is 4.79 Å². The Morgan fingerprint density at radius 3 is 2.59 bits per heavy atom. The zero-order valence-corrected chi connectivity index (χ0v) is 14.1. The maximum absolute atomic E-state index is 12.1. The highest BCUT2D eigenvalue weighted by molar-refractivity contribution is 6.42. The molecule has 0 atom stereocenters. The van der Waals surface area contributed by atoms with Gasteiger partial charge in [-0.05, 0) is 18.6 Å². The number of unbranched alkanes of at least 4 members (excludes halogenated alkanes) is 5. The van der Waals surface area contributed by atoms with Crippen LogP contribution in [0.5, 0.6) is 0 Å². The largest absolute Gasteiger partial charge is 0.344 e. The number of nitrogens with one attached hydrogen (secondary N) is 1. The van der Waals surface area contributed by atoms with Gasteiger partial charge in [0.25, 0.3) is 0 Å². The molecule has 1 heterocycles. The number of rotatable bonds is 7. The molecular weight excluding hydrogens is 323 g/mol. The fourth-order valence-electron chi connectivity index (χ4n) is 2.24. The first-order valence-electron chi connectivity index (χ1n) is 7.62. The van der Waals surface area contributed by atoms with Crippen LogP contribution in [-0.2, 0) is 0 Å². The zero-order chi connectivity index (χ0) is 15.9. The molecule has 1 amide bonds. The summed E-state index contributed by atoms with van der Waals surface area (Å²) in [6.07, 6.45) is 7.08. The Bertz CT molecular complexity index is 642. The van der Waals surface area contributed by atoms with Crippen LogP contribution < -0.4 is 5.32 Å². The normalized spacial score (nSPS) is 11.0. The highest BCUT2D eigenvalue weighted by Gasteiger charge is 2.13. The number of halogens is 2. The Labute approximate surface area is 140 Å². The van der Waals surface area contributed by atoms with Crippen LogP contribution in [0, 0.1) is 0 Å². The van der Waals surface area contributed by atoms with Crippen molar-refractivity contribution in [2.75, 3.05) is 6.54 Å². The average Bonchev–Trinajstić information content (AvgIpc) is 2.89. The lowest BCUT2D eigenvalue weighted by Gasteiger charge is -2.05. The maximum atomic E-state index is 12.1. The van der Waals surface area contributed by atoms with Crippen molar-refractivity contribution in [3.05, 3.63) is 22.2 Å². The first-order chi connectivity index (χ1) is 10.6.